The average molecular weight is 312 g/mol. The van der Waals surface area contributed by atoms with Crippen molar-refractivity contribution in [2.75, 3.05) is 0 Å². The predicted octanol–water partition coefficient (Wildman–Crippen LogP) is 4.89. The first-order chi connectivity index (χ1) is 10.4. The Kier molecular flexibility index (Phi) is 16.3. The van der Waals surface area contributed by atoms with Crippen molar-refractivity contribution in [3.05, 3.63) is 24.8 Å². The first-order valence-corrected chi connectivity index (χ1v) is 8.16. The highest BCUT2D eigenvalue weighted by Gasteiger charge is 2.09. The highest BCUT2D eigenvalue weighted by Crippen LogP contribution is 2.10. The summed E-state index contributed by atoms with van der Waals surface area (Å²) in [6, 6.07) is 0. The van der Waals surface area contributed by atoms with E-state index < -0.39 is 5.97 Å². The zero-order valence-corrected chi connectivity index (χ0v) is 14.4. The highest BCUT2D eigenvalue weighted by molar-refractivity contribution is 5.85. The maximum Gasteiger partial charge on any atom is 0.330 e. The Hall–Kier alpha value is -1.58. The Balaban J connectivity index is 0. The normalized spacial score (nSPS) is 10.9. The van der Waals surface area contributed by atoms with E-state index in [2.05, 4.69) is 20.1 Å². The van der Waals surface area contributed by atoms with Gasteiger partial charge in [0, 0.05) is 11.6 Å². The molecule has 22 heavy (non-hydrogen) atoms. The Morgan fingerprint density at radius 2 is 1.73 bits per heavy atom. The summed E-state index contributed by atoms with van der Waals surface area (Å²) in [5.74, 6) is -1.17. The molecule has 4 heteroatoms. The van der Waals surface area contributed by atoms with E-state index in [1.54, 1.807) is 0 Å². The van der Waals surface area contributed by atoms with E-state index in [1.165, 1.54) is 18.9 Å². The molecule has 0 amide bonds. The number of carboxylic acid groups (broad SMARTS) is 1. The standard InChI is InChI=1S/C11H20O2.C7H12O2/c1-4-7-8-9-10(5-2)13-11(12)6-3;1-3-4-5-6(2)7(8)9/h6,10H,3-5,7-9H2,1-2H3;2-5H2,1H3,(H,8,9). The summed E-state index contributed by atoms with van der Waals surface area (Å²) in [6.07, 6.45) is 9.28. The van der Waals surface area contributed by atoms with E-state index in [1.807, 2.05) is 13.8 Å². The second-order valence-corrected chi connectivity index (χ2v) is 5.18. The molecule has 128 valence electrons. The van der Waals surface area contributed by atoms with Crippen LogP contribution in [0.4, 0.5) is 0 Å². The molecule has 1 unspecified atom stereocenters. The molecule has 4 nitrogen and oxygen atoms in total. The lowest BCUT2D eigenvalue weighted by Crippen LogP contribution is -2.15. The van der Waals surface area contributed by atoms with Gasteiger partial charge >= 0.3 is 11.9 Å². The van der Waals surface area contributed by atoms with Crippen molar-refractivity contribution in [3.63, 3.8) is 0 Å². The maximum atomic E-state index is 10.9. The minimum atomic E-state index is -0.872. The molecule has 0 rings (SSSR count). The van der Waals surface area contributed by atoms with E-state index in [4.69, 9.17) is 9.84 Å². The van der Waals surface area contributed by atoms with Crippen molar-refractivity contribution < 1.29 is 19.4 Å². The van der Waals surface area contributed by atoms with Crippen molar-refractivity contribution in [2.24, 2.45) is 0 Å². The lowest BCUT2D eigenvalue weighted by atomic mass is 10.1. The predicted molar refractivity (Wildman–Crippen MR) is 90.8 cm³/mol. The largest absolute Gasteiger partial charge is 0.478 e. The van der Waals surface area contributed by atoms with E-state index >= 15 is 0 Å². The van der Waals surface area contributed by atoms with Gasteiger partial charge in [-0.15, -0.1) is 0 Å². The van der Waals surface area contributed by atoms with Crippen LogP contribution in [0.2, 0.25) is 0 Å². The van der Waals surface area contributed by atoms with Gasteiger partial charge in [0.2, 0.25) is 0 Å². The van der Waals surface area contributed by atoms with Crippen LogP contribution in [0.5, 0.6) is 0 Å². The highest BCUT2D eigenvalue weighted by atomic mass is 16.5. The van der Waals surface area contributed by atoms with Gasteiger partial charge in [-0.05, 0) is 32.1 Å². The Labute approximate surface area is 135 Å². The summed E-state index contributed by atoms with van der Waals surface area (Å²) in [6.45, 7) is 13.0. The van der Waals surface area contributed by atoms with Gasteiger partial charge in [0.25, 0.3) is 0 Å². The molecule has 0 heterocycles. The number of carboxylic acids is 1. The van der Waals surface area contributed by atoms with Gasteiger partial charge in [-0.1, -0.05) is 53.2 Å². The quantitative estimate of drug-likeness (QED) is 0.335. The summed E-state index contributed by atoms with van der Waals surface area (Å²) in [5, 5.41) is 8.31. The van der Waals surface area contributed by atoms with Crippen LogP contribution < -0.4 is 0 Å². The number of aliphatic carboxylic acids is 1. The zero-order chi connectivity index (χ0) is 17.4. The molecule has 0 aromatic carbocycles. The van der Waals surface area contributed by atoms with Gasteiger partial charge in [0.1, 0.15) is 6.10 Å². The van der Waals surface area contributed by atoms with E-state index in [-0.39, 0.29) is 12.1 Å². The number of hydrogen-bond donors (Lipinski definition) is 1. The van der Waals surface area contributed by atoms with E-state index in [0.717, 1.165) is 32.1 Å². The molecular formula is C18H32O4. The minimum Gasteiger partial charge on any atom is -0.478 e. The van der Waals surface area contributed by atoms with Crippen LogP contribution in [0.15, 0.2) is 24.8 Å². The Morgan fingerprint density at radius 3 is 2.14 bits per heavy atom. The summed E-state index contributed by atoms with van der Waals surface area (Å²) < 4.78 is 5.14. The fraction of sp³-hybridized carbons (Fsp3) is 0.667. The van der Waals surface area contributed by atoms with Crippen LogP contribution in [-0.2, 0) is 14.3 Å². The molecule has 1 atom stereocenters. The molecule has 0 aliphatic rings. The van der Waals surface area contributed by atoms with Gasteiger partial charge in [-0.3, -0.25) is 0 Å². The van der Waals surface area contributed by atoms with E-state index in [0.29, 0.717) is 12.0 Å². The third kappa shape index (κ3) is 14.8. The Morgan fingerprint density at radius 1 is 1.14 bits per heavy atom. The molecule has 0 bridgehead atoms. The molecule has 0 saturated carbocycles. The van der Waals surface area contributed by atoms with Crippen molar-refractivity contribution in [1.82, 2.24) is 0 Å². The molecule has 0 saturated heterocycles. The number of unbranched alkanes of at least 4 members (excludes halogenated alkanes) is 3. The van der Waals surface area contributed by atoms with Crippen LogP contribution in [0.1, 0.15) is 72.1 Å². The first-order valence-electron chi connectivity index (χ1n) is 8.16. The van der Waals surface area contributed by atoms with Gasteiger partial charge < -0.3 is 9.84 Å². The third-order valence-electron chi connectivity index (χ3n) is 3.17. The monoisotopic (exact) mass is 312 g/mol. The maximum absolute atomic E-state index is 10.9. The zero-order valence-electron chi connectivity index (χ0n) is 14.4. The smallest absolute Gasteiger partial charge is 0.330 e. The average Bonchev–Trinajstić information content (AvgIpc) is 2.51. The number of rotatable bonds is 11. The fourth-order valence-electron chi connectivity index (χ4n) is 1.68. The SMILES string of the molecule is C=C(CCCC)C(=O)O.C=CC(=O)OC(CC)CCCCC. The summed E-state index contributed by atoms with van der Waals surface area (Å²) in [5.41, 5.74) is 0.317. The molecule has 0 aliphatic heterocycles. The van der Waals surface area contributed by atoms with Crippen LogP contribution >= 0.6 is 0 Å². The van der Waals surface area contributed by atoms with Crippen molar-refractivity contribution in [3.8, 4) is 0 Å². The summed E-state index contributed by atoms with van der Waals surface area (Å²) in [7, 11) is 0. The van der Waals surface area contributed by atoms with Gasteiger partial charge in [-0.25, -0.2) is 9.59 Å². The van der Waals surface area contributed by atoms with E-state index in [9.17, 15) is 9.59 Å². The van der Waals surface area contributed by atoms with Gasteiger partial charge in [0.05, 0.1) is 0 Å². The number of esters is 1. The molecule has 0 fully saturated rings. The molecule has 1 N–H and O–H groups in total. The molecule has 0 spiro atoms. The molecule has 0 aromatic rings. The van der Waals surface area contributed by atoms with Crippen LogP contribution in [0, 0.1) is 0 Å². The lowest BCUT2D eigenvalue weighted by Gasteiger charge is -2.14. The van der Waals surface area contributed by atoms with Gasteiger partial charge in [-0.2, -0.15) is 0 Å². The number of carbonyl (C=O) groups excluding carboxylic acids is 1. The lowest BCUT2D eigenvalue weighted by molar-refractivity contribution is -0.143. The number of carbonyl (C=O) groups is 2. The van der Waals surface area contributed by atoms with Crippen LogP contribution in [-0.4, -0.2) is 23.1 Å². The second kappa shape index (κ2) is 15.8. The topological polar surface area (TPSA) is 63.6 Å². The minimum absolute atomic E-state index is 0.0806. The van der Waals surface area contributed by atoms with Crippen molar-refractivity contribution in [1.29, 1.82) is 0 Å². The van der Waals surface area contributed by atoms with Crippen molar-refractivity contribution >= 4 is 11.9 Å². The molecule has 0 radical (unpaired) electrons. The number of ether oxygens (including phenoxy) is 1. The van der Waals surface area contributed by atoms with Crippen LogP contribution in [0.25, 0.3) is 0 Å². The van der Waals surface area contributed by atoms with Gasteiger partial charge in [0.15, 0.2) is 0 Å². The van der Waals surface area contributed by atoms with Crippen LogP contribution in [0.3, 0.4) is 0 Å². The summed E-state index contributed by atoms with van der Waals surface area (Å²) >= 11 is 0. The summed E-state index contributed by atoms with van der Waals surface area (Å²) in [4.78, 5) is 21.0. The third-order valence-corrected chi connectivity index (χ3v) is 3.17. The fourth-order valence-corrected chi connectivity index (χ4v) is 1.68. The molecule has 0 aliphatic carbocycles. The van der Waals surface area contributed by atoms with Crippen molar-refractivity contribution in [2.45, 2.75) is 78.2 Å². The Bertz CT molecular complexity index is 334. The molecule has 0 aromatic heterocycles. The second-order valence-electron chi connectivity index (χ2n) is 5.18. The molecular weight excluding hydrogens is 280 g/mol. The number of hydrogen-bond acceptors (Lipinski definition) is 3. The first kappa shape index (κ1) is 22.7.